The van der Waals surface area contributed by atoms with Crippen molar-refractivity contribution in [1.82, 2.24) is 9.55 Å². The average Bonchev–Trinajstić information content (AvgIpc) is 2.56. The summed E-state index contributed by atoms with van der Waals surface area (Å²) in [6, 6.07) is 11.3. The lowest BCUT2D eigenvalue weighted by molar-refractivity contribution is 0.441. The maximum Gasteiger partial charge on any atom is 0.328 e. The molecule has 0 radical (unpaired) electrons. The fourth-order valence-corrected chi connectivity index (χ4v) is 2.40. The van der Waals surface area contributed by atoms with E-state index in [1.165, 1.54) is 29.0 Å². The first-order chi connectivity index (χ1) is 11.9. The van der Waals surface area contributed by atoms with E-state index in [1.807, 2.05) is 26.0 Å². The molecule has 0 amide bonds. The number of aryl methyl sites for hydroxylation is 2. The topological polar surface area (TPSA) is 64.1 Å². The predicted molar refractivity (Wildman–Crippen MR) is 92.8 cm³/mol. The van der Waals surface area contributed by atoms with Crippen molar-refractivity contribution >= 4 is 0 Å². The van der Waals surface area contributed by atoms with E-state index in [1.54, 1.807) is 12.1 Å². The number of benzene rings is 2. The maximum absolute atomic E-state index is 14.3. The minimum absolute atomic E-state index is 0.112. The molecule has 3 aromatic rings. The highest BCUT2D eigenvalue weighted by molar-refractivity contribution is 5.38. The molecule has 6 heteroatoms. The predicted octanol–water partition coefficient (Wildman–Crippen LogP) is 3.13. The van der Waals surface area contributed by atoms with Gasteiger partial charge in [-0.1, -0.05) is 12.1 Å². The Bertz CT molecular complexity index is 1040. The van der Waals surface area contributed by atoms with Crippen molar-refractivity contribution in [3.8, 4) is 11.5 Å². The molecule has 1 heterocycles. The molecule has 1 aromatic heterocycles. The molecule has 3 rings (SSSR count). The van der Waals surface area contributed by atoms with Crippen LogP contribution in [0.5, 0.6) is 11.5 Å². The summed E-state index contributed by atoms with van der Waals surface area (Å²) in [7, 11) is 0. The summed E-state index contributed by atoms with van der Waals surface area (Å²) in [6.07, 6.45) is 1.37. The normalized spacial score (nSPS) is 10.7. The SMILES string of the molecule is Cc1ccc(Oc2ccc(Cn3ccc(=O)[nH]c3=O)cc2F)cc1C. The number of hydrogen-bond donors (Lipinski definition) is 1. The molecule has 5 nitrogen and oxygen atoms in total. The lowest BCUT2D eigenvalue weighted by Crippen LogP contribution is -2.28. The highest BCUT2D eigenvalue weighted by atomic mass is 19.1. The third-order valence-electron chi connectivity index (χ3n) is 3.95. The summed E-state index contributed by atoms with van der Waals surface area (Å²) >= 11 is 0. The van der Waals surface area contributed by atoms with Gasteiger partial charge in [0.15, 0.2) is 11.6 Å². The van der Waals surface area contributed by atoms with Crippen LogP contribution in [0.2, 0.25) is 0 Å². The molecule has 0 fully saturated rings. The number of H-pyrrole nitrogens is 1. The molecule has 0 aliphatic carbocycles. The van der Waals surface area contributed by atoms with Crippen molar-refractivity contribution in [2.24, 2.45) is 0 Å². The second-order valence-corrected chi connectivity index (χ2v) is 5.85. The molecule has 25 heavy (non-hydrogen) atoms. The number of ether oxygens (including phenoxy) is 1. The zero-order valence-corrected chi connectivity index (χ0v) is 13.9. The van der Waals surface area contributed by atoms with E-state index in [0.29, 0.717) is 11.3 Å². The van der Waals surface area contributed by atoms with E-state index in [0.717, 1.165) is 11.1 Å². The summed E-state index contributed by atoms with van der Waals surface area (Å²) in [6.45, 7) is 4.10. The molecule has 128 valence electrons. The quantitative estimate of drug-likeness (QED) is 0.794. The Hall–Kier alpha value is -3.15. The van der Waals surface area contributed by atoms with Crippen LogP contribution in [0.15, 0.2) is 58.3 Å². The zero-order chi connectivity index (χ0) is 18.0. The molecule has 0 atom stereocenters. The van der Waals surface area contributed by atoms with E-state index in [2.05, 4.69) is 4.98 Å². The molecule has 0 saturated carbocycles. The molecule has 0 aliphatic rings. The average molecular weight is 340 g/mol. The molecular weight excluding hydrogens is 323 g/mol. The van der Waals surface area contributed by atoms with Crippen molar-refractivity contribution in [3.05, 3.63) is 92.0 Å². The molecular formula is C19H17FN2O3. The van der Waals surface area contributed by atoms with Crippen LogP contribution in [0.4, 0.5) is 4.39 Å². The van der Waals surface area contributed by atoms with Crippen LogP contribution in [0.1, 0.15) is 16.7 Å². The van der Waals surface area contributed by atoms with Crippen molar-refractivity contribution in [1.29, 1.82) is 0 Å². The van der Waals surface area contributed by atoms with Crippen LogP contribution >= 0.6 is 0 Å². The Labute approximate surface area is 143 Å². The number of halogens is 1. The van der Waals surface area contributed by atoms with Crippen LogP contribution in [0, 0.1) is 19.7 Å². The number of hydrogen-bond acceptors (Lipinski definition) is 3. The molecule has 2 aromatic carbocycles. The van der Waals surface area contributed by atoms with Crippen LogP contribution < -0.4 is 16.0 Å². The van der Waals surface area contributed by atoms with Gasteiger partial charge in [0, 0.05) is 12.3 Å². The third-order valence-corrected chi connectivity index (χ3v) is 3.95. The highest BCUT2D eigenvalue weighted by Gasteiger charge is 2.08. The van der Waals surface area contributed by atoms with Crippen molar-refractivity contribution in [2.45, 2.75) is 20.4 Å². The second-order valence-electron chi connectivity index (χ2n) is 5.85. The summed E-state index contributed by atoms with van der Waals surface area (Å²) in [5.74, 6) is 0.153. The second kappa shape index (κ2) is 6.76. The van der Waals surface area contributed by atoms with E-state index in [-0.39, 0.29) is 12.3 Å². The summed E-state index contributed by atoms with van der Waals surface area (Å²) < 4.78 is 21.2. The van der Waals surface area contributed by atoms with E-state index >= 15 is 0 Å². The summed E-state index contributed by atoms with van der Waals surface area (Å²) in [5, 5.41) is 0. The Kier molecular flexibility index (Phi) is 4.52. The molecule has 0 bridgehead atoms. The van der Waals surface area contributed by atoms with Crippen molar-refractivity contribution in [3.63, 3.8) is 0 Å². The van der Waals surface area contributed by atoms with E-state index in [4.69, 9.17) is 4.74 Å². The Balaban J connectivity index is 1.81. The van der Waals surface area contributed by atoms with Gasteiger partial charge in [-0.15, -0.1) is 0 Å². The Morgan fingerprint density at radius 2 is 1.84 bits per heavy atom. The molecule has 0 saturated heterocycles. The highest BCUT2D eigenvalue weighted by Crippen LogP contribution is 2.26. The lowest BCUT2D eigenvalue weighted by Gasteiger charge is -2.10. The number of rotatable bonds is 4. The fraction of sp³-hybridized carbons (Fsp3) is 0.158. The van der Waals surface area contributed by atoms with Crippen LogP contribution in [-0.4, -0.2) is 9.55 Å². The summed E-state index contributed by atoms with van der Waals surface area (Å²) in [4.78, 5) is 24.9. The smallest absolute Gasteiger partial charge is 0.328 e. The van der Waals surface area contributed by atoms with Gasteiger partial charge in [0.1, 0.15) is 5.75 Å². The molecule has 0 unspecified atom stereocenters. The van der Waals surface area contributed by atoms with Gasteiger partial charge in [0.05, 0.1) is 6.54 Å². The van der Waals surface area contributed by atoms with Gasteiger partial charge >= 0.3 is 5.69 Å². The van der Waals surface area contributed by atoms with Gasteiger partial charge in [-0.25, -0.2) is 9.18 Å². The summed E-state index contributed by atoms with van der Waals surface area (Å²) in [5.41, 5.74) is 1.77. The van der Waals surface area contributed by atoms with Gasteiger partial charge < -0.3 is 4.74 Å². The third kappa shape index (κ3) is 3.85. The number of aromatic nitrogens is 2. The van der Waals surface area contributed by atoms with Crippen molar-refractivity contribution in [2.75, 3.05) is 0 Å². The van der Waals surface area contributed by atoms with Gasteiger partial charge in [-0.2, -0.15) is 0 Å². The van der Waals surface area contributed by atoms with Crippen LogP contribution in [-0.2, 0) is 6.54 Å². The Morgan fingerprint density at radius 3 is 2.52 bits per heavy atom. The number of nitrogens with zero attached hydrogens (tertiary/aromatic N) is 1. The lowest BCUT2D eigenvalue weighted by atomic mass is 10.1. The van der Waals surface area contributed by atoms with Crippen LogP contribution in [0.25, 0.3) is 0 Å². The molecule has 1 N–H and O–H groups in total. The largest absolute Gasteiger partial charge is 0.454 e. The van der Waals surface area contributed by atoms with E-state index in [9.17, 15) is 14.0 Å². The van der Waals surface area contributed by atoms with E-state index < -0.39 is 17.1 Å². The Morgan fingerprint density at radius 1 is 1.04 bits per heavy atom. The fourth-order valence-electron chi connectivity index (χ4n) is 2.40. The van der Waals surface area contributed by atoms with Gasteiger partial charge in [0.25, 0.3) is 5.56 Å². The molecule has 0 spiro atoms. The maximum atomic E-state index is 14.3. The van der Waals surface area contributed by atoms with Crippen molar-refractivity contribution < 1.29 is 9.13 Å². The van der Waals surface area contributed by atoms with Gasteiger partial charge in [0.2, 0.25) is 0 Å². The zero-order valence-electron chi connectivity index (χ0n) is 13.9. The standard InChI is InChI=1S/C19H17FN2O3/c1-12-3-5-15(9-13(12)2)25-17-6-4-14(10-16(17)20)11-22-8-7-18(23)21-19(22)24/h3-10H,11H2,1-2H3,(H,21,23,24). The molecule has 0 aliphatic heterocycles. The monoisotopic (exact) mass is 340 g/mol. The van der Waals surface area contributed by atoms with Crippen LogP contribution in [0.3, 0.4) is 0 Å². The van der Waals surface area contributed by atoms with Gasteiger partial charge in [-0.05, 0) is 54.8 Å². The number of nitrogens with one attached hydrogen (secondary N) is 1. The first kappa shape index (κ1) is 16.7. The first-order valence-corrected chi connectivity index (χ1v) is 7.76. The van der Waals surface area contributed by atoms with Gasteiger partial charge in [-0.3, -0.25) is 14.3 Å². The first-order valence-electron chi connectivity index (χ1n) is 7.76. The minimum atomic E-state index is -0.539. The number of aromatic amines is 1. The minimum Gasteiger partial charge on any atom is -0.454 e.